The molecule has 160 valence electrons. The third kappa shape index (κ3) is 1.66. The highest BCUT2D eigenvalue weighted by Gasteiger charge is 2.38. The molecule has 0 saturated carbocycles. The van der Waals surface area contributed by atoms with E-state index in [4.69, 9.17) is 9.97 Å². The molecule has 34 heavy (non-hydrogen) atoms. The average Bonchev–Trinajstić information content (AvgIpc) is 3.60. The van der Waals surface area contributed by atoms with Crippen LogP contribution in [0.2, 0.25) is 0 Å². The number of fused-ring (bicyclic) bond motifs is 14. The van der Waals surface area contributed by atoms with E-state index in [1.165, 1.54) is 38.8 Å². The highest BCUT2D eigenvalue weighted by Crippen LogP contribution is 2.51. The van der Waals surface area contributed by atoms with Gasteiger partial charge in [0.1, 0.15) is 5.52 Å². The third-order valence-electron chi connectivity index (χ3n) is 7.96. The number of benzene rings is 4. The lowest BCUT2D eigenvalue weighted by Gasteiger charge is -2.22. The predicted molar refractivity (Wildman–Crippen MR) is 136 cm³/mol. The summed E-state index contributed by atoms with van der Waals surface area (Å²) >= 11 is 0. The summed E-state index contributed by atoms with van der Waals surface area (Å²) in [4.78, 5) is 10.2. The maximum absolute atomic E-state index is 5.20. The molecule has 0 radical (unpaired) electrons. The minimum absolute atomic E-state index is 0.106. The summed E-state index contributed by atoms with van der Waals surface area (Å²) in [7, 11) is 0. The van der Waals surface area contributed by atoms with Gasteiger partial charge in [0, 0.05) is 5.41 Å². The first-order chi connectivity index (χ1) is 16.6. The molecular formula is C29H19N5. The third-order valence-corrected chi connectivity index (χ3v) is 7.96. The minimum atomic E-state index is -0.106. The van der Waals surface area contributed by atoms with Gasteiger partial charge in [-0.2, -0.15) is 0 Å². The molecule has 4 aromatic carbocycles. The molecule has 5 heteroatoms. The van der Waals surface area contributed by atoms with E-state index in [1.54, 1.807) is 0 Å². The summed E-state index contributed by atoms with van der Waals surface area (Å²) in [6.07, 6.45) is 0. The monoisotopic (exact) mass is 437 g/mol. The van der Waals surface area contributed by atoms with E-state index < -0.39 is 0 Å². The summed E-state index contributed by atoms with van der Waals surface area (Å²) in [5.74, 6) is 1.84. The quantitative estimate of drug-likeness (QED) is 0.274. The SMILES string of the molecule is CC1(C)c2ccccc2-c2ccc3nc4n(c5cccc6c5n4c4nc5ccccc5n64)c3c21. The van der Waals surface area contributed by atoms with Crippen molar-refractivity contribution in [2.45, 2.75) is 19.3 Å². The van der Waals surface area contributed by atoms with Gasteiger partial charge in [-0.1, -0.05) is 62.4 Å². The van der Waals surface area contributed by atoms with Crippen molar-refractivity contribution in [2.24, 2.45) is 0 Å². The summed E-state index contributed by atoms with van der Waals surface area (Å²) in [6, 6.07) is 28.1. The number of para-hydroxylation sites is 3. The van der Waals surface area contributed by atoms with E-state index >= 15 is 0 Å². The van der Waals surface area contributed by atoms with Crippen LogP contribution in [-0.4, -0.2) is 23.2 Å². The van der Waals surface area contributed by atoms with Gasteiger partial charge < -0.3 is 0 Å². The van der Waals surface area contributed by atoms with Gasteiger partial charge in [-0.3, -0.25) is 8.80 Å². The number of hydrogen-bond acceptors (Lipinski definition) is 2. The van der Waals surface area contributed by atoms with Crippen LogP contribution in [-0.2, 0) is 5.41 Å². The first-order valence-electron chi connectivity index (χ1n) is 11.7. The average molecular weight is 438 g/mol. The maximum atomic E-state index is 5.20. The Morgan fingerprint density at radius 2 is 1.26 bits per heavy atom. The number of rotatable bonds is 0. The van der Waals surface area contributed by atoms with E-state index in [0.717, 1.165) is 33.6 Å². The van der Waals surface area contributed by atoms with Crippen LogP contribution in [0.3, 0.4) is 0 Å². The van der Waals surface area contributed by atoms with Crippen LogP contribution in [0, 0.1) is 0 Å². The van der Waals surface area contributed by atoms with Crippen LogP contribution in [0.4, 0.5) is 0 Å². The zero-order chi connectivity index (χ0) is 22.3. The lowest BCUT2D eigenvalue weighted by Crippen LogP contribution is -2.16. The second kappa shape index (κ2) is 5.23. The predicted octanol–water partition coefficient (Wildman–Crippen LogP) is 6.44. The fourth-order valence-electron chi connectivity index (χ4n) is 6.59. The molecule has 0 aliphatic heterocycles. The highest BCUT2D eigenvalue weighted by atomic mass is 15.3. The van der Waals surface area contributed by atoms with Gasteiger partial charge in [-0.25, -0.2) is 14.4 Å². The van der Waals surface area contributed by atoms with Gasteiger partial charge >= 0.3 is 0 Å². The van der Waals surface area contributed by atoms with Crippen LogP contribution in [0.1, 0.15) is 25.0 Å². The Morgan fingerprint density at radius 3 is 2.18 bits per heavy atom. The fourth-order valence-corrected chi connectivity index (χ4v) is 6.59. The van der Waals surface area contributed by atoms with Gasteiger partial charge in [0.25, 0.3) is 0 Å². The molecule has 8 aromatic rings. The van der Waals surface area contributed by atoms with Gasteiger partial charge in [0.2, 0.25) is 11.6 Å². The summed E-state index contributed by atoms with van der Waals surface area (Å²) in [5, 5.41) is 0. The smallest absolute Gasteiger partial charge is 0.223 e. The maximum Gasteiger partial charge on any atom is 0.223 e. The number of imidazole rings is 4. The van der Waals surface area contributed by atoms with Crippen molar-refractivity contribution < 1.29 is 0 Å². The standard InChI is InChI=1S/C29H19N5/c1-29(2)18-9-4-3-8-16(18)17-14-15-20-25(24(17)29)33-23-13-7-12-22-26(23)34(28(33)31-20)27-30-19-10-5-6-11-21(19)32(22)27/h3-15H,1-2H3. The van der Waals surface area contributed by atoms with Gasteiger partial charge in [-0.15, -0.1) is 0 Å². The molecule has 0 atom stereocenters. The zero-order valence-corrected chi connectivity index (χ0v) is 18.7. The molecule has 0 fully saturated rings. The Hall–Kier alpha value is -4.38. The van der Waals surface area contributed by atoms with E-state index in [1.807, 2.05) is 6.07 Å². The molecule has 0 spiro atoms. The Kier molecular flexibility index (Phi) is 2.64. The fraction of sp³-hybridized carbons (Fsp3) is 0.103. The van der Waals surface area contributed by atoms with Crippen LogP contribution >= 0.6 is 0 Å². The number of hydrogen-bond donors (Lipinski definition) is 0. The highest BCUT2D eigenvalue weighted by molar-refractivity contribution is 6.05. The van der Waals surface area contributed by atoms with Crippen molar-refractivity contribution in [3.05, 3.63) is 90.0 Å². The molecule has 5 nitrogen and oxygen atoms in total. The minimum Gasteiger partial charge on any atom is -0.276 e. The van der Waals surface area contributed by atoms with Crippen LogP contribution in [0.15, 0.2) is 78.9 Å². The molecule has 0 bridgehead atoms. The topological polar surface area (TPSA) is 39.0 Å². The molecule has 0 N–H and O–H groups in total. The van der Waals surface area contributed by atoms with Crippen LogP contribution in [0.5, 0.6) is 0 Å². The van der Waals surface area contributed by atoms with Crippen molar-refractivity contribution in [3.63, 3.8) is 0 Å². The molecule has 0 saturated heterocycles. The molecule has 0 unspecified atom stereocenters. The van der Waals surface area contributed by atoms with Crippen LogP contribution < -0.4 is 0 Å². The van der Waals surface area contributed by atoms with E-state index in [0.29, 0.717) is 0 Å². The Labute approximate surface area is 193 Å². The second-order valence-electron chi connectivity index (χ2n) is 9.99. The summed E-state index contributed by atoms with van der Waals surface area (Å²) < 4.78 is 6.87. The molecule has 1 aliphatic rings. The first-order valence-corrected chi connectivity index (χ1v) is 11.7. The van der Waals surface area contributed by atoms with E-state index in [-0.39, 0.29) is 5.41 Å². The number of aromatic nitrogens is 5. The van der Waals surface area contributed by atoms with Crippen molar-refractivity contribution in [2.75, 3.05) is 0 Å². The van der Waals surface area contributed by atoms with Crippen molar-refractivity contribution >= 4 is 50.2 Å². The largest absolute Gasteiger partial charge is 0.276 e. The first kappa shape index (κ1) is 17.1. The van der Waals surface area contributed by atoms with Crippen molar-refractivity contribution in [1.29, 1.82) is 0 Å². The second-order valence-corrected chi connectivity index (χ2v) is 9.99. The Morgan fingerprint density at radius 1 is 0.559 bits per heavy atom. The lowest BCUT2D eigenvalue weighted by atomic mass is 9.82. The molecule has 1 aliphatic carbocycles. The van der Waals surface area contributed by atoms with Crippen molar-refractivity contribution in [3.8, 4) is 11.1 Å². The van der Waals surface area contributed by atoms with Crippen molar-refractivity contribution in [1.82, 2.24) is 23.2 Å². The van der Waals surface area contributed by atoms with Crippen LogP contribution in [0.25, 0.3) is 61.3 Å². The Balaban J connectivity index is 1.56. The van der Waals surface area contributed by atoms with Gasteiger partial charge in [0.05, 0.1) is 33.1 Å². The molecule has 0 amide bonds. The summed E-state index contributed by atoms with van der Waals surface area (Å²) in [6.45, 7) is 4.68. The number of nitrogens with zero attached hydrogens (tertiary/aromatic N) is 5. The zero-order valence-electron chi connectivity index (χ0n) is 18.7. The van der Waals surface area contributed by atoms with Gasteiger partial charge in [0.15, 0.2) is 0 Å². The molecule has 9 rings (SSSR count). The van der Waals surface area contributed by atoms with E-state index in [9.17, 15) is 0 Å². The van der Waals surface area contributed by atoms with Gasteiger partial charge in [-0.05, 0) is 52.6 Å². The lowest BCUT2D eigenvalue weighted by molar-refractivity contribution is 0.664. The Bertz CT molecular complexity index is 2150. The molecule has 4 heterocycles. The molecule has 4 aromatic heterocycles. The van der Waals surface area contributed by atoms with E-state index in [2.05, 4.69) is 99.8 Å². The summed E-state index contributed by atoms with van der Waals surface area (Å²) in [5.41, 5.74) is 13.1. The normalized spacial score (nSPS) is 15.0. The molecular weight excluding hydrogens is 418 g/mol.